The van der Waals surface area contributed by atoms with Crippen LogP contribution in [0.15, 0.2) is 0 Å². The summed E-state index contributed by atoms with van der Waals surface area (Å²) >= 11 is 2.22. The molecule has 7 rings (SSSR count). The fourth-order valence-electron chi connectivity index (χ4n) is 8.49. The molecule has 0 spiro atoms. The Morgan fingerprint density at radius 2 is 0.857 bits per heavy atom. The van der Waals surface area contributed by atoms with Gasteiger partial charge in [-0.1, -0.05) is 53.4 Å². The average molecular weight is 405 g/mol. The van der Waals surface area contributed by atoms with Crippen LogP contribution < -0.4 is 0 Å². The quantitative estimate of drug-likeness (QED) is 0.449. The normalized spacial score (nSPS) is 57.0. The second kappa shape index (κ2) is 8.10. The first-order valence-corrected chi connectivity index (χ1v) is 13.9. The zero-order valence-corrected chi connectivity index (χ0v) is 19.6. The van der Waals surface area contributed by atoms with E-state index in [1.807, 2.05) is 0 Å². The molecule has 1 nitrogen and oxygen atoms in total. The van der Waals surface area contributed by atoms with E-state index in [2.05, 4.69) is 39.5 Å². The highest BCUT2D eigenvalue weighted by Crippen LogP contribution is 2.62. The number of hydrogen-bond acceptors (Lipinski definition) is 2. The van der Waals surface area contributed by atoms with E-state index in [9.17, 15) is 0 Å². The Hall–Kier alpha value is 0.310. The molecule has 0 aromatic rings. The van der Waals surface area contributed by atoms with Crippen molar-refractivity contribution in [2.24, 2.45) is 71.0 Å². The lowest BCUT2D eigenvalue weighted by atomic mass is 9.71. The van der Waals surface area contributed by atoms with Gasteiger partial charge in [0.05, 0.1) is 13.2 Å². The minimum atomic E-state index is 0.946. The molecule has 5 saturated carbocycles. The Kier molecular flexibility index (Phi) is 5.85. The van der Waals surface area contributed by atoms with E-state index >= 15 is 0 Å². The molecule has 0 amide bonds. The Bertz CT molecular complexity index is 457. The molecule has 2 heteroatoms. The fourth-order valence-corrected chi connectivity index (χ4v) is 10.2. The Balaban J connectivity index is 0.000000102. The van der Waals surface area contributed by atoms with Gasteiger partial charge in [0.25, 0.3) is 0 Å². The molecule has 7 fully saturated rings. The van der Waals surface area contributed by atoms with Crippen molar-refractivity contribution in [3.8, 4) is 0 Å². The lowest BCUT2D eigenvalue weighted by Gasteiger charge is -2.33. The van der Waals surface area contributed by atoms with Crippen molar-refractivity contribution in [1.29, 1.82) is 0 Å². The molecule has 160 valence electrons. The van der Waals surface area contributed by atoms with Crippen molar-refractivity contribution >= 4 is 11.8 Å². The van der Waals surface area contributed by atoms with Crippen molar-refractivity contribution in [3.05, 3.63) is 0 Å². The zero-order valence-electron chi connectivity index (χ0n) is 18.8. The molecule has 5 aliphatic carbocycles. The molecule has 28 heavy (non-hydrogen) atoms. The molecular formula is C26H44OS. The number of ether oxygens (including phenoxy) is 1. The van der Waals surface area contributed by atoms with Crippen LogP contribution in [0.4, 0.5) is 0 Å². The van der Waals surface area contributed by atoms with E-state index in [-0.39, 0.29) is 0 Å². The first kappa shape index (κ1) is 20.2. The van der Waals surface area contributed by atoms with Gasteiger partial charge in [-0.15, -0.1) is 0 Å². The third-order valence-corrected chi connectivity index (χ3v) is 12.2. The maximum Gasteiger partial charge on any atom is 0.0500 e. The summed E-state index contributed by atoms with van der Waals surface area (Å²) in [4.78, 5) is 0. The predicted octanol–water partition coefficient (Wildman–Crippen LogP) is 6.62. The van der Waals surface area contributed by atoms with Crippen LogP contribution in [0.3, 0.4) is 0 Å². The largest absolute Gasteiger partial charge is 0.381 e. The molecule has 12 atom stereocenters. The molecule has 2 saturated heterocycles. The summed E-state index contributed by atoms with van der Waals surface area (Å²) < 4.78 is 5.59. The third-order valence-electron chi connectivity index (χ3n) is 11.0. The topological polar surface area (TPSA) is 9.23 Å². The lowest BCUT2D eigenvalue weighted by Crippen LogP contribution is -2.31. The van der Waals surface area contributed by atoms with Crippen molar-refractivity contribution in [2.45, 2.75) is 66.2 Å². The monoisotopic (exact) mass is 404 g/mol. The van der Waals surface area contributed by atoms with Gasteiger partial charge in [0.15, 0.2) is 0 Å². The van der Waals surface area contributed by atoms with Gasteiger partial charge in [-0.25, -0.2) is 0 Å². The van der Waals surface area contributed by atoms with Crippen molar-refractivity contribution in [1.82, 2.24) is 0 Å². The van der Waals surface area contributed by atoms with E-state index in [1.54, 1.807) is 6.42 Å². The fraction of sp³-hybridized carbons (Fsp3) is 1.00. The SMILES string of the molecule is C1CCC1.CC1C(C)C2CC1C1COCC21.CC1C(C)C2CC1C1CSCC21. The number of fused-ring (bicyclic) bond motifs is 10. The van der Waals surface area contributed by atoms with Gasteiger partial charge >= 0.3 is 0 Å². The summed E-state index contributed by atoms with van der Waals surface area (Å²) in [6.07, 6.45) is 9.10. The summed E-state index contributed by atoms with van der Waals surface area (Å²) in [7, 11) is 0. The molecule has 4 bridgehead atoms. The highest BCUT2D eigenvalue weighted by molar-refractivity contribution is 7.99. The Labute approximate surface area is 178 Å². The number of rotatable bonds is 0. The number of thioether (sulfide) groups is 1. The van der Waals surface area contributed by atoms with Crippen molar-refractivity contribution in [3.63, 3.8) is 0 Å². The van der Waals surface area contributed by atoms with E-state index in [0.717, 1.165) is 84.2 Å². The third kappa shape index (κ3) is 3.22. The van der Waals surface area contributed by atoms with Crippen LogP contribution in [-0.2, 0) is 4.74 Å². The Morgan fingerprint density at radius 1 is 0.500 bits per heavy atom. The predicted molar refractivity (Wildman–Crippen MR) is 120 cm³/mol. The van der Waals surface area contributed by atoms with Gasteiger partial charge in [0.1, 0.15) is 0 Å². The molecule has 0 radical (unpaired) electrons. The van der Waals surface area contributed by atoms with Crippen molar-refractivity contribution in [2.75, 3.05) is 24.7 Å². The summed E-state index contributed by atoms with van der Waals surface area (Å²) in [5, 5.41) is 0. The molecule has 0 N–H and O–H groups in total. The highest BCUT2D eigenvalue weighted by Gasteiger charge is 2.57. The van der Waals surface area contributed by atoms with Gasteiger partial charge in [0.2, 0.25) is 0 Å². The summed E-state index contributed by atoms with van der Waals surface area (Å²) in [6, 6.07) is 0. The second-order valence-corrected chi connectivity index (χ2v) is 12.8. The standard InChI is InChI=1S/C11H18O.C11H18S.C4H8/c2*1-6-7(2)9-3-8(6)10-4-12-5-11(9)10;1-2-4-3-1/h2*6-11H,3-5H2,1-2H3;1-4H2. The van der Waals surface area contributed by atoms with Gasteiger partial charge in [-0.2, -0.15) is 11.8 Å². The van der Waals surface area contributed by atoms with E-state index in [1.165, 1.54) is 43.6 Å². The van der Waals surface area contributed by atoms with Crippen LogP contribution in [0.1, 0.15) is 66.2 Å². The minimum absolute atomic E-state index is 0.946. The van der Waals surface area contributed by atoms with Crippen LogP contribution >= 0.6 is 11.8 Å². The van der Waals surface area contributed by atoms with E-state index < -0.39 is 0 Å². The van der Waals surface area contributed by atoms with Gasteiger partial charge < -0.3 is 4.74 Å². The minimum Gasteiger partial charge on any atom is -0.381 e. The van der Waals surface area contributed by atoms with Crippen LogP contribution in [0.5, 0.6) is 0 Å². The zero-order chi connectivity index (χ0) is 19.4. The van der Waals surface area contributed by atoms with Crippen LogP contribution in [0.25, 0.3) is 0 Å². The lowest BCUT2D eigenvalue weighted by molar-refractivity contribution is 0.153. The van der Waals surface area contributed by atoms with Crippen LogP contribution in [-0.4, -0.2) is 24.7 Å². The number of hydrogen-bond donors (Lipinski definition) is 0. The molecule has 2 aliphatic heterocycles. The highest BCUT2D eigenvalue weighted by atomic mass is 32.2. The molecule has 7 aliphatic rings. The summed E-state index contributed by atoms with van der Waals surface area (Å²) in [6.45, 7) is 12.0. The van der Waals surface area contributed by atoms with Crippen molar-refractivity contribution < 1.29 is 4.74 Å². The first-order chi connectivity index (χ1) is 13.6. The summed E-state index contributed by atoms with van der Waals surface area (Å²) in [5.41, 5.74) is 0. The molecule has 12 unspecified atom stereocenters. The molecule has 2 heterocycles. The summed E-state index contributed by atoms with van der Waals surface area (Å²) in [5.74, 6) is 15.4. The average Bonchev–Trinajstić information content (AvgIpc) is 3.40. The van der Waals surface area contributed by atoms with E-state index in [0.29, 0.717) is 0 Å². The van der Waals surface area contributed by atoms with Crippen LogP contribution in [0, 0.1) is 71.0 Å². The Morgan fingerprint density at radius 3 is 1.21 bits per heavy atom. The first-order valence-electron chi connectivity index (χ1n) is 12.7. The van der Waals surface area contributed by atoms with E-state index in [4.69, 9.17) is 4.74 Å². The van der Waals surface area contributed by atoms with Crippen LogP contribution in [0.2, 0.25) is 0 Å². The molecule has 0 aromatic heterocycles. The smallest absolute Gasteiger partial charge is 0.0500 e. The molecule has 0 aromatic carbocycles. The maximum absolute atomic E-state index is 5.59. The second-order valence-electron chi connectivity index (χ2n) is 11.7. The van der Waals surface area contributed by atoms with Gasteiger partial charge in [-0.05, 0) is 95.4 Å². The molecular weight excluding hydrogens is 360 g/mol. The van der Waals surface area contributed by atoms with Gasteiger partial charge in [0, 0.05) is 0 Å². The van der Waals surface area contributed by atoms with Gasteiger partial charge in [-0.3, -0.25) is 0 Å². The maximum atomic E-state index is 5.59.